The highest BCUT2D eigenvalue weighted by Gasteiger charge is 1.85. The first-order valence-corrected chi connectivity index (χ1v) is 5.88. The smallest absolute Gasteiger partial charge is 0.0134 e. The summed E-state index contributed by atoms with van der Waals surface area (Å²) in [5, 5.41) is 3.07. The minimum absolute atomic E-state index is 0.959. The van der Waals surface area contributed by atoms with Crippen LogP contribution in [0.5, 0.6) is 0 Å². The fourth-order valence-electron chi connectivity index (χ4n) is 1.30. The molecule has 1 N–H and O–H groups in total. The number of hydrogen-bond donors (Lipinski definition) is 1. The molecule has 0 aromatic rings. The van der Waals surface area contributed by atoms with Crippen LogP contribution in [0.3, 0.4) is 0 Å². The summed E-state index contributed by atoms with van der Waals surface area (Å²) in [7, 11) is 1.96. The lowest BCUT2D eigenvalue weighted by Gasteiger charge is -1.95. The van der Waals surface area contributed by atoms with Crippen molar-refractivity contribution in [2.24, 2.45) is 0 Å². The van der Waals surface area contributed by atoms with Crippen molar-refractivity contribution in [3.05, 3.63) is 24.3 Å². The summed E-state index contributed by atoms with van der Waals surface area (Å²) in [5.74, 6) is 0. The van der Waals surface area contributed by atoms with Gasteiger partial charge >= 0.3 is 0 Å². The highest BCUT2D eigenvalue weighted by Crippen LogP contribution is 2.05. The molecule has 0 rings (SSSR count). The molecule has 0 saturated carbocycles. The second-order valence-corrected chi connectivity index (χ2v) is 3.62. The highest BCUT2D eigenvalue weighted by molar-refractivity contribution is 5.02. The Morgan fingerprint density at radius 3 is 2.36 bits per heavy atom. The van der Waals surface area contributed by atoms with E-state index < -0.39 is 0 Å². The van der Waals surface area contributed by atoms with Gasteiger partial charge in [0.15, 0.2) is 0 Å². The molecule has 0 saturated heterocycles. The number of nitrogens with one attached hydrogen (secondary N) is 1. The van der Waals surface area contributed by atoms with E-state index in [-0.39, 0.29) is 0 Å². The molecule has 0 radical (unpaired) electrons. The summed E-state index contributed by atoms with van der Waals surface area (Å²) in [6.07, 6.45) is 16.8. The van der Waals surface area contributed by atoms with Gasteiger partial charge in [-0.3, -0.25) is 0 Å². The maximum absolute atomic E-state index is 3.07. The minimum Gasteiger partial charge on any atom is -0.316 e. The topological polar surface area (TPSA) is 12.0 Å². The second kappa shape index (κ2) is 12.4. The Hall–Kier alpha value is -0.560. The molecule has 0 aliphatic carbocycles. The zero-order valence-electron chi connectivity index (χ0n) is 9.76. The van der Waals surface area contributed by atoms with Crippen LogP contribution in [0, 0.1) is 0 Å². The highest BCUT2D eigenvalue weighted by atomic mass is 14.8. The van der Waals surface area contributed by atoms with E-state index >= 15 is 0 Å². The lowest BCUT2D eigenvalue weighted by Crippen LogP contribution is -2.03. The maximum atomic E-state index is 3.07. The average molecular weight is 195 g/mol. The van der Waals surface area contributed by atoms with Gasteiger partial charge in [0.25, 0.3) is 0 Å². The van der Waals surface area contributed by atoms with Crippen molar-refractivity contribution >= 4 is 0 Å². The van der Waals surface area contributed by atoms with E-state index in [1.807, 2.05) is 7.05 Å². The Morgan fingerprint density at radius 2 is 1.64 bits per heavy atom. The third-order valence-corrected chi connectivity index (χ3v) is 2.18. The quantitative estimate of drug-likeness (QED) is 0.437. The summed E-state index contributed by atoms with van der Waals surface area (Å²) < 4.78 is 0. The molecule has 0 aromatic heterocycles. The van der Waals surface area contributed by atoms with Crippen molar-refractivity contribution in [1.29, 1.82) is 0 Å². The van der Waals surface area contributed by atoms with Crippen LogP contribution in [0.1, 0.15) is 45.4 Å². The first-order valence-electron chi connectivity index (χ1n) is 5.88. The van der Waals surface area contributed by atoms with Crippen molar-refractivity contribution in [3.8, 4) is 0 Å². The Labute approximate surface area is 89.3 Å². The second-order valence-electron chi connectivity index (χ2n) is 3.62. The van der Waals surface area contributed by atoms with Crippen molar-refractivity contribution in [2.45, 2.75) is 45.4 Å². The van der Waals surface area contributed by atoms with Gasteiger partial charge < -0.3 is 5.32 Å². The summed E-state index contributed by atoms with van der Waals surface area (Å²) in [5.41, 5.74) is 0. The van der Waals surface area contributed by atoms with E-state index in [0.29, 0.717) is 0 Å². The normalized spacial score (nSPS) is 11.9. The van der Waals surface area contributed by atoms with Crippen LogP contribution in [0.2, 0.25) is 0 Å². The summed E-state index contributed by atoms with van der Waals surface area (Å²) >= 11 is 0. The average Bonchev–Trinajstić information content (AvgIpc) is 2.21. The van der Waals surface area contributed by atoms with E-state index in [9.17, 15) is 0 Å². The van der Waals surface area contributed by atoms with Gasteiger partial charge in [-0.2, -0.15) is 0 Å². The molecule has 0 unspecified atom stereocenters. The van der Waals surface area contributed by atoms with Crippen LogP contribution in [-0.4, -0.2) is 13.6 Å². The molecule has 0 aliphatic heterocycles. The monoisotopic (exact) mass is 195 g/mol. The van der Waals surface area contributed by atoms with Gasteiger partial charge in [0.05, 0.1) is 0 Å². The Balaban J connectivity index is 3.10. The molecule has 82 valence electrons. The molecule has 0 amide bonds. The van der Waals surface area contributed by atoms with E-state index in [1.54, 1.807) is 0 Å². The summed E-state index contributed by atoms with van der Waals surface area (Å²) in [6, 6.07) is 0. The van der Waals surface area contributed by atoms with Gasteiger partial charge in [0.2, 0.25) is 0 Å². The van der Waals surface area contributed by atoms with Gasteiger partial charge in [-0.1, -0.05) is 56.9 Å². The molecular weight excluding hydrogens is 170 g/mol. The van der Waals surface area contributed by atoms with Gasteiger partial charge in [0, 0.05) is 6.54 Å². The van der Waals surface area contributed by atoms with Gasteiger partial charge in [0.1, 0.15) is 0 Å². The first kappa shape index (κ1) is 13.4. The summed E-state index contributed by atoms with van der Waals surface area (Å²) in [4.78, 5) is 0. The van der Waals surface area contributed by atoms with E-state index in [2.05, 4.69) is 36.5 Å². The van der Waals surface area contributed by atoms with Crippen LogP contribution in [-0.2, 0) is 0 Å². The summed E-state index contributed by atoms with van der Waals surface area (Å²) in [6.45, 7) is 3.22. The molecule has 0 aliphatic rings. The lowest BCUT2D eigenvalue weighted by molar-refractivity contribution is 0.637. The Morgan fingerprint density at radius 1 is 0.929 bits per heavy atom. The zero-order valence-corrected chi connectivity index (χ0v) is 9.76. The van der Waals surface area contributed by atoms with Crippen LogP contribution in [0.25, 0.3) is 0 Å². The molecule has 0 spiro atoms. The third-order valence-electron chi connectivity index (χ3n) is 2.18. The maximum Gasteiger partial charge on any atom is 0.0134 e. The molecule has 0 heterocycles. The molecular formula is C13H25N. The third kappa shape index (κ3) is 11.4. The molecule has 1 nitrogen and oxygen atoms in total. The van der Waals surface area contributed by atoms with E-state index in [0.717, 1.165) is 6.54 Å². The van der Waals surface area contributed by atoms with Gasteiger partial charge in [-0.25, -0.2) is 0 Å². The molecule has 0 atom stereocenters. The van der Waals surface area contributed by atoms with Crippen molar-refractivity contribution in [1.82, 2.24) is 5.32 Å². The van der Waals surface area contributed by atoms with E-state index in [1.165, 1.54) is 38.5 Å². The van der Waals surface area contributed by atoms with E-state index in [4.69, 9.17) is 0 Å². The standard InChI is InChI=1S/C13H25N/c1-3-4-5-6-7-8-9-10-11-12-13-14-2/h9-12,14H,3-8,13H2,1-2H3. The van der Waals surface area contributed by atoms with Crippen LogP contribution < -0.4 is 5.32 Å². The first-order chi connectivity index (χ1) is 6.91. The number of rotatable bonds is 9. The molecule has 0 fully saturated rings. The number of hydrogen-bond acceptors (Lipinski definition) is 1. The SMILES string of the molecule is CCCCCCCC=CC=CCNC. The molecule has 0 aromatic carbocycles. The van der Waals surface area contributed by atoms with Crippen molar-refractivity contribution in [3.63, 3.8) is 0 Å². The van der Waals surface area contributed by atoms with Crippen LogP contribution >= 0.6 is 0 Å². The number of unbranched alkanes of at least 4 members (excludes halogenated alkanes) is 5. The number of likely N-dealkylation sites (N-methyl/N-ethyl adjacent to an activating group) is 1. The number of allylic oxidation sites excluding steroid dienone is 3. The van der Waals surface area contributed by atoms with Crippen LogP contribution in [0.4, 0.5) is 0 Å². The Bertz CT molecular complexity index is 147. The van der Waals surface area contributed by atoms with Gasteiger partial charge in [-0.15, -0.1) is 0 Å². The van der Waals surface area contributed by atoms with Crippen molar-refractivity contribution < 1.29 is 0 Å². The minimum atomic E-state index is 0.959. The zero-order chi connectivity index (χ0) is 10.5. The van der Waals surface area contributed by atoms with Crippen LogP contribution in [0.15, 0.2) is 24.3 Å². The predicted molar refractivity (Wildman–Crippen MR) is 65.6 cm³/mol. The molecule has 0 bridgehead atoms. The fraction of sp³-hybridized carbons (Fsp3) is 0.692. The molecule has 1 heteroatoms. The molecule has 14 heavy (non-hydrogen) atoms. The lowest BCUT2D eigenvalue weighted by atomic mass is 10.1. The largest absolute Gasteiger partial charge is 0.316 e. The predicted octanol–water partition coefficient (Wildman–Crippen LogP) is 3.68. The van der Waals surface area contributed by atoms with Gasteiger partial charge in [-0.05, 0) is 19.9 Å². The van der Waals surface area contributed by atoms with Crippen molar-refractivity contribution in [2.75, 3.05) is 13.6 Å². The fourth-order valence-corrected chi connectivity index (χ4v) is 1.30. The Kier molecular flexibility index (Phi) is 11.9.